The number of amides is 1. The molecule has 0 unspecified atom stereocenters. The molecule has 1 aliphatic carbocycles. The molecule has 1 saturated carbocycles. The average Bonchev–Trinajstić information content (AvgIpc) is 2.99. The molecule has 1 amide bonds. The summed E-state index contributed by atoms with van der Waals surface area (Å²) < 4.78 is 11.0. The minimum atomic E-state index is 0.0825. The van der Waals surface area contributed by atoms with E-state index in [1.165, 1.54) is 32.1 Å². The minimum absolute atomic E-state index is 0.0825. The highest BCUT2D eigenvalue weighted by molar-refractivity contribution is 5.75. The molecule has 0 spiro atoms. The molecule has 0 saturated heterocycles. The Hall–Kier alpha value is -1.29. The van der Waals surface area contributed by atoms with Crippen LogP contribution < -0.4 is 5.32 Å². The second-order valence-electron chi connectivity index (χ2n) is 5.41. The van der Waals surface area contributed by atoms with Gasteiger partial charge in [-0.25, -0.2) is 0 Å². The first-order valence-electron chi connectivity index (χ1n) is 7.75. The van der Waals surface area contributed by atoms with Crippen LogP contribution in [-0.4, -0.2) is 25.2 Å². The molecule has 1 aromatic heterocycles. The van der Waals surface area contributed by atoms with Gasteiger partial charge in [-0.2, -0.15) is 0 Å². The smallest absolute Gasteiger partial charge is 0.220 e. The van der Waals surface area contributed by atoms with Gasteiger partial charge in [-0.3, -0.25) is 4.79 Å². The van der Waals surface area contributed by atoms with Gasteiger partial charge in [0, 0.05) is 26.0 Å². The Kier molecular flexibility index (Phi) is 6.64. The van der Waals surface area contributed by atoms with Gasteiger partial charge in [0.2, 0.25) is 5.91 Å². The Morgan fingerprint density at radius 3 is 2.95 bits per heavy atom. The van der Waals surface area contributed by atoms with E-state index < -0.39 is 0 Å². The third-order valence-corrected chi connectivity index (χ3v) is 3.73. The maximum absolute atomic E-state index is 11.6. The lowest BCUT2D eigenvalue weighted by Gasteiger charge is -2.21. The monoisotopic (exact) mass is 279 g/mol. The summed E-state index contributed by atoms with van der Waals surface area (Å²) in [5.41, 5.74) is 0. The SMILES string of the molecule is O=C(CCc1ccco1)NCCCOC1CCCCC1. The summed E-state index contributed by atoms with van der Waals surface area (Å²) >= 11 is 0. The third kappa shape index (κ3) is 5.78. The normalized spacial score (nSPS) is 16.2. The van der Waals surface area contributed by atoms with E-state index in [-0.39, 0.29) is 5.91 Å². The van der Waals surface area contributed by atoms with Crippen LogP contribution in [0.15, 0.2) is 22.8 Å². The molecule has 0 radical (unpaired) electrons. The lowest BCUT2D eigenvalue weighted by molar-refractivity contribution is -0.121. The van der Waals surface area contributed by atoms with Crippen LogP contribution in [0.3, 0.4) is 0 Å². The van der Waals surface area contributed by atoms with Gasteiger partial charge in [0.1, 0.15) is 5.76 Å². The van der Waals surface area contributed by atoms with Crippen molar-refractivity contribution in [2.75, 3.05) is 13.2 Å². The molecule has 1 aliphatic rings. The highest BCUT2D eigenvalue weighted by Gasteiger charge is 2.13. The van der Waals surface area contributed by atoms with Crippen LogP contribution in [0.4, 0.5) is 0 Å². The quantitative estimate of drug-likeness (QED) is 0.744. The zero-order valence-electron chi connectivity index (χ0n) is 12.1. The maximum atomic E-state index is 11.6. The summed E-state index contributed by atoms with van der Waals surface area (Å²) in [7, 11) is 0. The fourth-order valence-corrected chi connectivity index (χ4v) is 2.56. The average molecular weight is 279 g/mol. The van der Waals surface area contributed by atoms with Crippen molar-refractivity contribution in [1.29, 1.82) is 0 Å². The molecule has 4 heteroatoms. The van der Waals surface area contributed by atoms with E-state index in [0.29, 0.717) is 25.5 Å². The largest absolute Gasteiger partial charge is 0.469 e. The Morgan fingerprint density at radius 2 is 2.20 bits per heavy atom. The molecule has 1 N–H and O–H groups in total. The topological polar surface area (TPSA) is 51.5 Å². The van der Waals surface area contributed by atoms with E-state index in [1.807, 2.05) is 12.1 Å². The van der Waals surface area contributed by atoms with Crippen molar-refractivity contribution in [1.82, 2.24) is 5.32 Å². The highest BCUT2D eigenvalue weighted by Crippen LogP contribution is 2.20. The predicted octanol–water partition coefficient (Wildman–Crippen LogP) is 3.07. The number of aryl methyl sites for hydroxylation is 1. The first-order chi connectivity index (χ1) is 9.84. The highest BCUT2D eigenvalue weighted by atomic mass is 16.5. The van der Waals surface area contributed by atoms with Crippen LogP contribution in [0.5, 0.6) is 0 Å². The Labute approximate surface area is 120 Å². The molecule has 20 heavy (non-hydrogen) atoms. The summed E-state index contributed by atoms with van der Waals surface area (Å²) in [5.74, 6) is 0.944. The lowest BCUT2D eigenvalue weighted by atomic mass is 9.98. The zero-order chi connectivity index (χ0) is 14.0. The summed E-state index contributed by atoms with van der Waals surface area (Å²) in [5, 5.41) is 2.92. The van der Waals surface area contributed by atoms with Gasteiger partial charge in [0.15, 0.2) is 0 Å². The van der Waals surface area contributed by atoms with Gasteiger partial charge in [0.05, 0.1) is 12.4 Å². The second-order valence-corrected chi connectivity index (χ2v) is 5.41. The molecule has 0 aromatic carbocycles. The number of carbonyl (C=O) groups is 1. The van der Waals surface area contributed by atoms with E-state index in [4.69, 9.17) is 9.15 Å². The van der Waals surface area contributed by atoms with Crippen LogP contribution in [0.2, 0.25) is 0 Å². The molecular weight excluding hydrogens is 254 g/mol. The number of carbonyl (C=O) groups excluding carboxylic acids is 1. The van der Waals surface area contributed by atoms with Gasteiger partial charge in [-0.1, -0.05) is 19.3 Å². The van der Waals surface area contributed by atoms with E-state index in [2.05, 4.69) is 5.32 Å². The van der Waals surface area contributed by atoms with E-state index in [1.54, 1.807) is 6.26 Å². The number of nitrogens with one attached hydrogen (secondary N) is 1. The van der Waals surface area contributed by atoms with Crippen molar-refractivity contribution in [2.24, 2.45) is 0 Å². The van der Waals surface area contributed by atoms with Crippen molar-refractivity contribution in [3.8, 4) is 0 Å². The van der Waals surface area contributed by atoms with Crippen LogP contribution in [-0.2, 0) is 16.0 Å². The van der Waals surface area contributed by atoms with Crippen molar-refractivity contribution >= 4 is 5.91 Å². The first-order valence-corrected chi connectivity index (χ1v) is 7.75. The molecule has 1 fully saturated rings. The Balaban J connectivity index is 1.45. The van der Waals surface area contributed by atoms with Gasteiger partial charge < -0.3 is 14.5 Å². The molecule has 0 aliphatic heterocycles. The maximum Gasteiger partial charge on any atom is 0.220 e. The fourth-order valence-electron chi connectivity index (χ4n) is 2.56. The summed E-state index contributed by atoms with van der Waals surface area (Å²) in [6, 6.07) is 3.74. The minimum Gasteiger partial charge on any atom is -0.469 e. The van der Waals surface area contributed by atoms with E-state index in [9.17, 15) is 4.79 Å². The number of rotatable bonds is 8. The summed E-state index contributed by atoms with van der Waals surface area (Å²) in [4.78, 5) is 11.6. The van der Waals surface area contributed by atoms with Crippen molar-refractivity contribution in [2.45, 2.75) is 57.5 Å². The van der Waals surface area contributed by atoms with Crippen LogP contribution >= 0.6 is 0 Å². The van der Waals surface area contributed by atoms with Crippen LogP contribution in [0.1, 0.15) is 50.7 Å². The molecule has 1 aromatic rings. The molecule has 112 valence electrons. The first kappa shape index (κ1) is 15.1. The molecule has 2 rings (SSSR count). The van der Waals surface area contributed by atoms with Gasteiger partial charge in [-0.05, 0) is 31.4 Å². The molecule has 1 heterocycles. The Morgan fingerprint density at radius 1 is 1.35 bits per heavy atom. The predicted molar refractivity (Wildman–Crippen MR) is 77.5 cm³/mol. The molecular formula is C16H25NO3. The number of hydrogen-bond donors (Lipinski definition) is 1. The van der Waals surface area contributed by atoms with Crippen molar-refractivity contribution in [3.05, 3.63) is 24.2 Å². The fraction of sp³-hybridized carbons (Fsp3) is 0.688. The van der Waals surface area contributed by atoms with Crippen LogP contribution in [0.25, 0.3) is 0 Å². The van der Waals surface area contributed by atoms with Gasteiger partial charge >= 0.3 is 0 Å². The number of ether oxygens (including phenoxy) is 1. The molecule has 0 bridgehead atoms. The molecule has 4 nitrogen and oxygen atoms in total. The zero-order valence-corrected chi connectivity index (χ0v) is 12.1. The summed E-state index contributed by atoms with van der Waals surface area (Å²) in [6.07, 6.45) is 10.5. The standard InChI is InChI=1S/C16H25NO3/c18-16(10-9-15-8-4-12-19-15)17-11-5-13-20-14-6-2-1-3-7-14/h4,8,12,14H,1-3,5-7,9-11,13H2,(H,17,18). The van der Waals surface area contributed by atoms with Gasteiger partial charge in [0.25, 0.3) is 0 Å². The lowest BCUT2D eigenvalue weighted by Crippen LogP contribution is -2.26. The number of hydrogen-bond acceptors (Lipinski definition) is 3. The Bertz CT molecular complexity index is 369. The van der Waals surface area contributed by atoms with Crippen molar-refractivity contribution < 1.29 is 13.9 Å². The van der Waals surface area contributed by atoms with E-state index in [0.717, 1.165) is 18.8 Å². The second kappa shape index (κ2) is 8.80. The van der Waals surface area contributed by atoms with Crippen molar-refractivity contribution in [3.63, 3.8) is 0 Å². The van der Waals surface area contributed by atoms with Gasteiger partial charge in [-0.15, -0.1) is 0 Å². The molecule has 0 atom stereocenters. The van der Waals surface area contributed by atoms with E-state index >= 15 is 0 Å². The van der Waals surface area contributed by atoms with Crippen LogP contribution in [0, 0.1) is 0 Å². The third-order valence-electron chi connectivity index (χ3n) is 3.73. The summed E-state index contributed by atoms with van der Waals surface area (Å²) in [6.45, 7) is 1.45. The number of furan rings is 1.